The molecule has 1 heterocycles. The third-order valence-corrected chi connectivity index (χ3v) is 3.44. The van der Waals surface area contributed by atoms with E-state index in [0.29, 0.717) is 12.5 Å². The molecule has 1 aromatic heterocycles. The summed E-state index contributed by atoms with van der Waals surface area (Å²) < 4.78 is 4.36. The molecule has 1 aliphatic carbocycles. The second kappa shape index (κ2) is 4.43. The van der Waals surface area contributed by atoms with Crippen LogP contribution in [-0.4, -0.2) is 9.36 Å². The number of hydrogen-bond donors (Lipinski definition) is 2. The molecule has 17 heavy (non-hydrogen) atoms. The zero-order valence-corrected chi connectivity index (χ0v) is 10.2. The van der Waals surface area contributed by atoms with Crippen molar-refractivity contribution in [1.29, 1.82) is 0 Å². The van der Waals surface area contributed by atoms with Crippen molar-refractivity contribution < 1.29 is 0 Å². The van der Waals surface area contributed by atoms with Crippen molar-refractivity contribution in [2.45, 2.75) is 25.3 Å². The topological polar surface area (TPSA) is 63.8 Å². The number of anilines is 2. The van der Waals surface area contributed by atoms with Gasteiger partial charge in [-0.25, -0.2) is 4.98 Å². The molecular weight excluding hydrogens is 232 g/mol. The maximum Gasteiger partial charge on any atom is 0.207 e. The number of nitrogens with zero attached hydrogens (tertiary/aromatic N) is 2. The number of nitrogens with two attached hydrogens (primary N) is 1. The number of nitrogens with one attached hydrogen (secondary N) is 1. The maximum absolute atomic E-state index is 5.61. The molecule has 5 heteroatoms. The summed E-state index contributed by atoms with van der Waals surface area (Å²) in [6.45, 7) is 0.555. The standard InChI is InChI=1S/C12H14N4S/c13-7-8-2-1-3-10(6-8)14-12-15-11(16-17-12)9-4-5-9/h1-3,6,9H,4-5,7,13H2,(H,14,15,16). The molecule has 4 nitrogen and oxygen atoms in total. The zero-order valence-electron chi connectivity index (χ0n) is 9.39. The number of hydrogen-bond acceptors (Lipinski definition) is 5. The normalized spacial score (nSPS) is 14.9. The van der Waals surface area contributed by atoms with E-state index in [0.717, 1.165) is 22.2 Å². The average Bonchev–Trinajstić information content (AvgIpc) is 3.11. The molecule has 0 unspecified atom stereocenters. The van der Waals surface area contributed by atoms with Crippen molar-refractivity contribution in [1.82, 2.24) is 9.36 Å². The summed E-state index contributed by atoms with van der Waals surface area (Å²) in [5.74, 6) is 1.60. The summed E-state index contributed by atoms with van der Waals surface area (Å²) in [4.78, 5) is 4.49. The van der Waals surface area contributed by atoms with Crippen LogP contribution in [0.1, 0.15) is 30.1 Å². The quantitative estimate of drug-likeness (QED) is 0.870. The van der Waals surface area contributed by atoms with Gasteiger partial charge in [0.1, 0.15) is 5.82 Å². The van der Waals surface area contributed by atoms with Gasteiger partial charge < -0.3 is 11.1 Å². The van der Waals surface area contributed by atoms with Crippen molar-refractivity contribution in [3.05, 3.63) is 35.7 Å². The summed E-state index contributed by atoms with van der Waals surface area (Å²) in [5.41, 5.74) is 7.74. The van der Waals surface area contributed by atoms with E-state index in [1.54, 1.807) is 0 Å². The van der Waals surface area contributed by atoms with E-state index in [-0.39, 0.29) is 0 Å². The van der Waals surface area contributed by atoms with Gasteiger partial charge in [0.15, 0.2) is 0 Å². The predicted octanol–water partition coefficient (Wildman–Crippen LogP) is 2.62. The lowest BCUT2D eigenvalue weighted by Crippen LogP contribution is -1.97. The molecule has 88 valence electrons. The number of benzene rings is 1. The van der Waals surface area contributed by atoms with Crippen LogP contribution in [0.15, 0.2) is 24.3 Å². The molecule has 1 fully saturated rings. The first-order valence-corrected chi connectivity index (χ1v) is 6.52. The van der Waals surface area contributed by atoms with E-state index < -0.39 is 0 Å². The van der Waals surface area contributed by atoms with Crippen molar-refractivity contribution in [2.24, 2.45) is 5.73 Å². The van der Waals surface area contributed by atoms with E-state index in [1.165, 1.54) is 24.4 Å². The van der Waals surface area contributed by atoms with Crippen LogP contribution in [0.4, 0.5) is 10.8 Å². The summed E-state index contributed by atoms with van der Waals surface area (Å²) in [6, 6.07) is 8.06. The Hall–Kier alpha value is -1.46. The largest absolute Gasteiger partial charge is 0.330 e. The molecule has 0 aliphatic heterocycles. The monoisotopic (exact) mass is 246 g/mol. The van der Waals surface area contributed by atoms with E-state index in [4.69, 9.17) is 5.73 Å². The lowest BCUT2D eigenvalue weighted by Gasteiger charge is -2.03. The van der Waals surface area contributed by atoms with E-state index in [1.807, 2.05) is 24.3 Å². The van der Waals surface area contributed by atoms with E-state index >= 15 is 0 Å². The van der Waals surface area contributed by atoms with Crippen LogP contribution in [0.25, 0.3) is 0 Å². The first-order valence-electron chi connectivity index (χ1n) is 5.75. The minimum absolute atomic E-state index is 0.555. The van der Waals surface area contributed by atoms with Gasteiger partial charge >= 0.3 is 0 Å². The average molecular weight is 246 g/mol. The molecule has 0 amide bonds. The first-order chi connectivity index (χ1) is 8.35. The SMILES string of the molecule is NCc1cccc(Nc2nc(C3CC3)ns2)c1. The van der Waals surface area contributed by atoms with Crippen LogP contribution in [0.5, 0.6) is 0 Å². The molecular formula is C12H14N4S. The minimum Gasteiger partial charge on any atom is -0.330 e. The molecule has 1 aromatic carbocycles. The molecule has 0 bridgehead atoms. The van der Waals surface area contributed by atoms with Crippen molar-refractivity contribution in [3.8, 4) is 0 Å². The van der Waals surface area contributed by atoms with Gasteiger partial charge in [-0.05, 0) is 30.5 Å². The van der Waals surface area contributed by atoms with Gasteiger partial charge in [0.05, 0.1) is 0 Å². The fourth-order valence-electron chi connectivity index (χ4n) is 1.69. The summed E-state index contributed by atoms with van der Waals surface area (Å²) >= 11 is 1.42. The smallest absolute Gasteiger partial charge is 0.207 e. The van der Waals surface area contributed by atoms with Crippen LogP contribution < -0.4 is 11.1 Å². The summed E-state index contributed by atoms with van der Waals surface area (Å²) in [7, 11) is 0. The van der Waals surface area contributed by atoms with Crippen molar-refractivity contribution in [3.63, 3.8) is 0 Å². The fourth-order valence-corrected chi connectivity index (χ4v) is 2.36. The minimum atomic E-state index is 0.555. The summed E-state index contributed by atoms with van der Waals surface area (Å²) in [6.07, 6.45) is 2.47. The second-order valence-electron chi connectivity index (χ2n) is 4.26. The zero-order chi connectivity index (χ0) is 11.7. The highest BCUT2D eigenvalue weighted by Gasteiger charge is 2.27. The van der Waals surface area contributed by atoms with Gasteiger partial charge in [-0.15, -0.1) is 0 Å². The Balaban J connectivity index is 1.75. The highest BCUT2D eigenvalue weighted by Crippen LogP contribution is 2.39. The molecule has 0 atom stereocenters. The Bertz CT molecular complexity index is 519. The molecule has 0 saturated heterocycles. The maximum atomic E-state index is 5.61. The molecule has 0 radical (unpaired) electrons. The lowest BCUT2D eigenvalue weighted by atomic mass is 10.2. The van der Waals surface area contributed by atoms with Crippen LogP contribution in [0.3, 0.4) is 0 Å². The first kappa shape index (κ1) is 10.7. The van der Waals surface area contributed by atoms with Gasteiger partial charge in [0, 0.05) is 29.7 Å². The van der Waals surface area contributed by atoms with Crippen LogP contribution in [-0.2, 0) is 6.54 Å². The van der Waals surface area contributed by atoms with Crippen LogP contribution in [0.2, 0.25) is 0 Å². The van der Waals surface area contributed by atoms with Gasteiger partial charge in [0.25, 0.3) is 0 Å². The number of rotatable bonds is 4. The Kier molecular flexibility index (Phi) is 2.78. The van der Waals surface area contributed by atoms with Gasteiger partial charge in [-0.3, -0.25) is 0 Å². The molecule has 2 aromatic rings. The van der Waals surface area contributed by atoms with Gasteiger partial charge in [-0.1, -0.05) is 12.1 Å². The van der Waals surface area contributed by atoms with Gasteiger partial charge in [0.2, 0.25) is 5.13 Å². The van der Waals surface area contributed by atoms with Crippen molar-refractivity contribution >= 4 is 22.4 Å². The summed E-state index contributed by atoms with van der Waals surface area (Å²) in [5, 5.41) is 4.13. The Labute approximate surface area is 104 Å². The van der Waals surface area contributed by atoms with Crippen LogP contribution >= 0.6 is 11.5 Å². The van der Waals surface area contributed by atoms with Crippen LogP contribution in [0, 0.1) is 0 Å². The Morgan fingerprint density at radius 3 is 3.06 bits per heavy atom. The fraction of sp³-hybridized carbons (Fsp3) is 0.333. The van der Waals surface area contributed by atoms with E-state index in [2.05, 4.69) is 14.7 Å². The highest BCUT2D eigenvalue weighted by atomic mass is 32.1. The predicted molar refractivity (Wildman–Crippen MR) is 69.5 cm³/mol. The molecule has 0 spiro atoms. The third-order valence-electron chi connectivity index (χ3n) is 2.80. The van der Waals surface area contributed by atoms with Crippen molar-refractivity contribution in [2.75, 3.05) is 5.32 Å². The van der Waals surface area contributed by atoms with E-state index in [9.17, 15) is 0 Å². The Morgan fingerprint density at radius 1 is 1.41 bits per heavy atom. The molecule has 3 N–H and O–H groups in total. The number of aromatic nitrogens is 2. The molecule has 1 saturated carbocycles. The Morgan fingerprint density at radius 2 is 2.29 bits per heavy atom. The molecule has 3 rings (SSSR count). The second-order valence-corrected chi connectivity index (χ2v) is 5.01. The highest BCUT2D eigenvalue weighted by molar-refractivity contribution is 7.09. The molecule has 1 aliphatic rings. The lowest BCUT2D eigenvalue weighted by molar-refractivity contribution is 0.987. The third kappa shape index (κ3) is 2.45. The van der Waals surface area contributed by atoms with Gasteiger partial charge in [-0.2, -0.15) is 4.37 Å².